The van der Waals surface area contributed by atoms with E-state index in [1.54, 1.807) is 5.70 Å². The van der Waals surface area contributed by atoms with Gasteiger partial charge < -0.3 is 4.90 Å². The SMILES string of the molecule is C=C[C@H]1[C@@H](C)CC[C@@H]2C=C2N1C. The molecule has 1 aliphatic heterocycles. The van der Waals surface area contributed by atoms with Gasteiger partial charge in [0.25, 0.3) is 0 Å². The summed E-state index contributed by atoms with van der Waals surface area (Å²) in [7, 11) is 2.19. The standard InChI is InChI=1S/C11H17N/c1-4-10-8(2)5-6-9-7-11(9)12(10)3/h4,7-10H,1,5-6H2,2-3H3/t8-,9+,10-/m0/s1. The fraction of sp³-hybridized carbons (Fsp3) is 0.636. The molecule has 0 unspecified atom stereocenters. The Morgan fingerprint density at radius 3 is 3.00 bits per heavy atom. The highest BCUT2D eigenvalue weighted by Crippen LogP contribution is 2.42. The second-order valence-corrected chi connectivity index (χ2v) is 4.09. The van der Waals surface area contributed by atoms with Crippen LogP contribution in [0.15, 0.2) is 24.4 Å². The molecule has 0 radical (unpaired) electrons. The molecule has 1 nitrogen and oxygen atoms in total. The smallest absolute Gasteiger partial charge is 0.0489 e. The van der Waals surface area contributed by atoms with Crippen LogP contribution >= 0.6 is 0 Å². The van der Waals surface area contributed by atoms with E-state index in [9.17, 15) is 0 Å². The first-order valence-corrected chi connectivity index (χ1v) is 4.81. The Morgan fingerprint density at radius 2 is 2.33 bits per heavy atom. The van der Waals surface area contributed by atoms with Gasteiger partial charge in [-0.1, -0.05) is 19.1 Å². The Morgan fingerprint density at radius 1 is 1.58 bits per heavy atom. The summed E-state index contributed by atoms with van der Waals surface area (Å²) in [5.41, 5.74) is 1.55. The van der Waals surface area contributed by atoms with Gasteiger partial charge in [-0.25, -0.2) is 0 Å². The molecule has 0 N–H and O–H groups in total. The molecule has 0 spiro atoms. The summed E-state index contributed by atoms with van der Waals surface area (Å²) >= 11 is 0. The van der Waals surface area contributed by atoms with Gasteiger partial charge in [-0.15, -0.1) is 6.58 Å². The summed E-state index contributed by atoms with van der Waals surface area (Å²) in [5.74, 6) is 1.57. The van der Waals surface area contributed by atoms with E-state index in [2.05, 4.69) is 37.6 Å². The van der Waals surface area contributed by atoms with Crippen molar-refractivity contribution in [3.8, 4) is 0 Å². The summed E-state index contributed by atoms with van der Waals surface area (Å²) in [6.07, 6.45) is 7.16. The predicted octanol–water partition coefficient (Wildman–Crippen LogP) is 2.42. The van der Waals surface area contributed by atoms with Crippen LogP contribution < -0.4 is 0 Å². The third kappa shape index (κ3) is 1.08. The minimum Gasteiger partial charge on any atom is -0.371 e. The maximum absolute atomic E-state index is 3.91. The number of nitrogens with zero attached hydrogens (tertiary/aromatic N) is 1. The second-order valence-electron chi connectivity index (χ2n) is 4.09. The van der Waals surface area contributed by atoms with Gasteiger partial charge in [0.15, 0.2) is 0 Å². The Balaban J connectivity index is 2.16. The minimum atomic E-state index is 0.559. The highest BCUT2D eigenvalue weighted by atomic mass is 15.2. The van der Waals surface area contributed by atoms with Crippen LogP contribution in [0.25, 0.3) is 0 Å². The van der Waals surface area contributed by atoms with Gasteiger partial charge in [-0.2, -0.15) is 0 Å². The van der Waals surface area contributed by atoms with Gasteiger partial charge in [0.2, 0.25) is 0 Å². The van der Waals surface area contributed by atoms with E-state index in [4.69, 9.17) is 0 Å². The molecule has 0 aromatic rings. The van der Waals surface area contributed by atoms with Crippen molar-refractivity contribution in [2.45, 2.75) is 25.8 Å². The monoisotopic (exact) mass is 163 g/mol. The van der Waals surface area contributed by atoms with Crippen LogP contribution in [0, 0.1) is 11.8 Å². The maximum Gasteiger partial charge on any atom is 0.0489 e. The van der Waals surface area contributed by atoms with Gasteiger partial charge in [0, 0.05) is 24.7 Å². The zero-order chi connectivity index (χ0) is 8.72. The number of hydrogen-bond donors (Lipinski definition) is 0. The average Bonchev–Trinajstić information content (AvgIpc) is 2.79. The van der Waals surface area contributed by atoms with Crippen LogP contribution in [0.1, 0.15) is 19.8 Å². The lowest BCUT2D eigenvalue weighted by Crippen LogP contribution is -2.31. The molecule has 12 heavy (non-hydrogen) atoms. The first-order chi connectivity index (χ1) is 5.74. The van der Waals surface area contributed by atoms with E-state index in [0.717, 1.165) is 11.8 Å². The van der Waals surface area contributed by atoms with Crippen molar-refractivity contribution in [2.75, 3.05) is 7.05 Å². The van der Waals surface area contributed by atoms with Gasteiger partial charge in [0.1, 0.15) is 0 Å². The van der Waals surface area contributed by atoms with Crippen molar-refractivity contribution in [2.24, 2.45) is 11.8 Å². The van der Waals surface area contributed by atoms with Crippen LogP contribution in [-0.4, -0.2) is 18.0 Å². The Hall–Kier alpha value is -0.720. The van der Waals surface area contributed by atoms with Crippen molar-refractivity contribution in [1.82, 2.24) is 4.90 Å². The Kier molecular flexibility index (Phi) is 1.75. The fourth-order valence-electron chi connectivity index (χ4n) is 2.33. The first kappa shape index (κ1) is 7.90. The summed E-state index contributed by atoms with van der Waals surface area (Å²) in [5, 5.41) is 0. The van der Waals surface area contributed by atoms with Crippen LogP contribution in [0.2, 0.25) is 0 Å². The van der Waals surface area contributed by atoms with Gasteiger partial charge in [-0.05, 0) is 18.8 Å². The second kappa shape index (κ2) is 2.65. The van der Waals surface area contributed by atoms with E-state index in [1.807, 2.05) is 0 Å². The number of rotatable bonds is 1. The quantitative estimate of drug-likeness (QED) is 0.537. The molecule has 0 aromatic carbocycles. The highest BCUT2D eigenvalue weighted by molar-refractivity contribution is 5.30. The number of allylic oxidation sites excluding steroid dienone is 2. The largest absolute Gasteiger partial charge is 0.371 e. The minimum absolute atomic E-state index is 0.559. The molecule has 0 amide bonds. The molecule has 0 bridgehead atoms. The summed E-state index contributed by atoms with van der Waals surface area (Å²) in [6, 6.07) is 0.559. The van der Waals surface area contributed by atoms with Crippen LogP contribution in [-0.2, 0) is 0 Å². The van der Waals surface area contributed by atoms with Gasteiger partial charge >= 0.3 is 0 Å². The van der Waals surface area contributed by atoms with Crippen molar-refractivity contribution >= 4 is 0 Å². The number of fused-ring (bicyclic) bond motifs is 1. The molecule has 66 valence electrons. The van der Waals surface area contributed by atoms with Gasteiger partial charge in [-0.3, -0.25) is 0 Å². The lowest BCUT2D eigenvalue weighted by Gasteiger charge is -2.28. The van der Waals surface area contributed by atoms with Crippen LogP contribution in [0.5, 0.6) is 0 Å². The summed E-state index contributed by atoms with van der Waals surface area (Å²) < 4.78 is 0. The zero-order valence-electron chi connectivity index (χ0n) is 7.96. The lowest BCUT2D eigenvalue weighted by atomic mass is 9.96. The molecule has 2 aliphatic rings. The molecule has 1 fully saturated rings. The Bertz CT molecular complexity index is 229. The van der Waals surface area contributed by atoms with E-state index in [1.165, 1.54) is 12.8 Å². The molecular formula is C11H17N. The summed E-state index contributed by atoms with van der Waals surface area (Å²) in [6.45, 7) is 6.24. The first-order valence-electron chi connectivity index (χ1n) is 4.81. The van der Waals surface area contributed by atoms with Crippen molar-refractivity contribution in [3.05, 3.63) is 24.4 Å². The molecular weight excluding hydrogens is 146 g/mol. The zero-order valence-corrected chi connectivity index (χ0v) is 7.96. The normalized spacial score (nSPS) is 39.7. The highest BCUT2D eigenvalue weighted by Gasteiger charge is 2.35. The van der Waals surface area contributed by atoms with Crippen LogP contribution in [0.3, 0.4) is 0 Å². The third-order valence-electron chi connectivity index (χ3n) is 3.25. The van der Waals surface area contributed by atoms with E-state index in [0.29, 0.717) is 6.04 Å². The number of likely N-dealkylation sites (N-methyl/N-ethyl adjacent to an activating group) is 1. The van der Waals surface area contributed by atoms with Crippen molar-refractivity contribution < 1.29 is 0 Å². The van der Waals surface area contributed by atoms with Crippen molar-refractivity contribution in [3.63, 3.8) is 0 Å². The topological polar surface area (TPSA) is 3.24 Å². The Labute approximate surface area is 74.8 Å². The molecule has 1 heterocycles. The third-order valence-corrected chi connectivity index (χ3v) is 3.25. The van der Waals surface area contributed by atoms with Crippen molar-refractivity contribution in [1.29, 1.82) is 0 Å². The maximum atomic E-state index is 3.91. The molecule has 3 atom stereocenters. The fourth-order valence-corrected chi connectivity index (χ4v) is 2.33. The summed E-state index contributed by atoms with van der Waals surface area (Å²) in [4.78, 5) is 2.40. The number of likely N-dealkylation sites (tertiary alicyclic amines) is 1. The number of hydrogen-bond acceptors (Lipinski definition) is 1. The predicted molar refractivity (Wildman–Crippen MR) is 51.7 cm³/mol. The molecule has 1 heteroatoms. The van der Waals surface area contributed by atoms with Crippen LogP contribution in [0.4, 0.5) is 0 Å². The van der Waals surface area contributed by atoms with E-state index >= 15 is 0 Å². The molecule has 2 rings (SSSR count). The average molecular weight is 163 g/mol. The molecule has 1 aliphatic carbocycles. The molecule has 0 saturated carbocycles. The van der Waals surface area contributed by atoms with E-state index in [-0.39, 0.29) is 0 Å². The lowest BCUT2D eigenvalue weighted by molar-refractivity contribution is 0.290. The molecule has 0 aromatic heterocycles. The molecule has 1 saturated heterocycles. The van der Waals surface area contributed by atoms with Gasteiger partial charge in [0.05, 0.1) is 0 Å². The van der Waals surface area contributed by atoms with E-state index < -0.39 is 0 Å².